The SMILES string of the molecule is CCOP(=O)(C=CC1(Cn2cnc3c(N)ncnc32)CC1)OCC. The van der Waals surface area contributed by atoms with Gasteiger partial charge in [0.05, 0.1) is 19.5 Å². The number of hydrogen-bond donors (Lipinski definition) is 1. The van der Waals surface area contributed by atoms with E-state index in [-0.39, 0.29) is 5.41 Å². The van der Waals surface area contributed by atoms with E-state index < -0.39 is 7.60 Å². The van der Waals surface area contributed by atoms with Crippen molar-refractivity contribution in [2.75, 3.05) is 18.9 Å². The molecule has 0 unspecified atom stereocenters. The standard InChI is InChI=1S/C15H22N5O3P/c1-3-22-24(21,23-4-2)8-7-15(5-6-15)9-20-11-19-12-13(16)17-10-18-14(12)20/h7-8,10-11H,3-6,9H2,1-2H3,(H2,16,17,18). The van der Waals surface area contributed by atoms with E-state index in [1.54, 1.807) is 26.0 Å². The van der Waals surface area contributed by atoms with Crippen LogP contribution in [0.1, 0.15) is 26.7 Å². The normalized spacial score (nSPS) is 16.9. The first kappa shape index (κ1) is 17.1. The molecule has 0 spiro atoms. The Balaban J connectivity index is 1.80. The Morgan fingerprint density at radius 2 is 2.00 bits per heavy atom. The molecule has 24 heavy (non-hydrogen) atoms. The Bertz CT molecular complexity index is 790. The lowest BCUT2D eigenvalue weighted by Gasteiger charge is -2.15. The summed E-state index contributed by atoms with van der Waals surface area (Å²) >= 11 is 0. The van der Waals surface area contributed by atoms with Gasteiger partial charge in [0.15, 0.2) is 11.5 Å². The molecule has 130 valence electrons. The summed E-state index contributed by atoms with van der Waals surface area (Å²) in [5, 5.41) is 0. The van der Waals surface area contributed by atoms with Crippen LogP contribution in [0.2, 0.25) is 0 Å². The maximum absolute atomic E-state index is 12.6. The number of anilines is 1. The zero-order valence-electron chi connectivity index (χ0n) is 13.9. The van der Waals surface area contributed by atoms with Crippen molar-refractivity contribution in [3.8, 4) is 0 Å². The van der Waals surface area contributed by atoms with E-state index in [2.05, 4.69) is 15.0 Å². The van der Waals surface area contributed by atoms with Gasteiger partial charge in [0.25, 0.3) is 0 Å². The second-order valence-electron chi connectivity index (χ2n) is 5.86. The van der Waals surface area contributed by atoms with Gasteiger partial charge in [0, 0.05) is 17.8 Å². The minimum absolute atomic E-state index is 0.0722. The molecule has 1 saturated carbocycles. The van der Waals surface area contributed by atoms with Crippen LogP contribution in [-0.4, -0.2) is 32.7 Å². The number of imidazole rings is 1. The fraction of sp³-hybridized carbons (Fsp3) is 0.533. The van der Waals surface area contributed by atoms with Crippen LogP contribution in [0, 0.1) is 5.41 Å². The fourth-order valence-corrected chi connectivity index (χ4v) is 4.09. The van der Waals surface area contributed by atoms with E-state index in [1.165, 1.54) is 6.33 Å². The van der Waals surface area contributed by atoms with Crippen LogP contribution in [-0.2, 0) is 20.2 Å². The lowest BCUT2D eigenvalue weighted by atomic mass is 10.1. The van der Waals surface area contributed by atoms with Crippen LogP contribution in [0.15, 0.2) is 24.5 Å². The van der Waals surface area contributed by atoms with Crippen molar-refractivity contribution >= 4 is 24.6 Å². The Labute approximate surface area is 140 Å². The zero-order chi connectivity index (χ0) is 17.2. The number of aromatic nitrogens is 4. The molecule has 8 nitrogen and oxygen atoms in total. The van der Waals surface area contributed by atoms with Gasteiger partial charge in [-0.3, -0.25) is 4.57 Å². The van der Waals surface area contributed by atoms with Gasteiger partial charge in [-0.2, -0.15) is 0 Å². The van der Waals surface area contributed by atoms with E-state index in [0.717, 1.165) is 12.8 Å². The van der Waals surface area contributed by atoms with Gasteiger partial charge in [-0.1, -0.05) is 6.08 Å². The summed E-state index contributed by atoms with van der Waals surface area (Å²) in [6, 6.07) is 0. The van der Waals surface area contributed by atoms with Crippen molar-refractivity contribution in [2.45, 2.75) is 33.2 Å². The van der Waals surface area contributed by atoms with Crippen molar-refractivity contribution in [1.82, 2.24) is 19.5 Å². The summed E-state index contributed by atoms with van der Waals surface area (Å²) < 4.78 is 25.1. The second-order valence-corrected chi connectivity index (χ2v) is 7.75. The van der Waals surface area contributed by atoms with Gasteiger partial charge >= 0.3 is 7.60 Å². The molecule has 3 rings (SSSR count). The Morgan fingerprint density at radius 3 is 2.62 bits per heavy atom. The molecule has 0 aromatic carbocycles. The average Bonchev–Trinajstić information content (AvgIpc) is 3.19. The molecule has 0 radical (unpaired) electrons. The van der Waals surface area contributed by atoms with Crippen molar-refractivity contribution in [3.63, 3.8) is 0 Å². The molecule has 2 aromatic rings. The molecule has 0 amide bonds. The molecule has 2 heterocycles. The zero-order valence-corrected chi connectivity index (χ0v) is 14.8. The number of rotatable bonds is 8. The average molecular weight is 351 g/mol. The van der Waals surface area contributed by atoms with Gasteiger partial charge < -0.3 is 19.3 Å². The molecule has 0 bridgehead atoms. The third kappa shape index (κ3) is 3.50. The van der Waals surface area contributed by atoms with Crippen LogP contribution < -0.4 is 5.73 Å². The predicted octanol–water partition coefficient (Wildman–Crippen LogP) is 2.97. The molecule has 0 atom stereocenters. The third-order valence-corrected chi connectivity index (χ3v) is 5.79. The number of nitrogen functional groups attached to an aromatic ring is 1. The van der Waals surface area contributed by atoms with Crippen molar-refractivity contribution in [3.05, 3.63) is 24.5 Å². The van der Waals surface area contributed by atoms with Crippen LogP contribution in [0.5, 0.6) is 0 Å². The molecular weight excluding hydrogens is 329 g/mol. The summed E-state index contributed by atoms with van der Waals surface area (Å²) in [4.78, 5) is 12.5. The largest absolute Gasteiger partial charge is 0.382 e. The highest BCUT2D eigenvalue weighted by Gasteiger charge is 2.41. The maximum atomic E-state index is 12.6. The number of nitrogens with zero attached hydrogens (tertiary/aromatic N) is 4. The highest BCUT2D eigenvalue weighted by Crippen LogP contribution is 2.55. The van der Waals surface area contributed by atoms with E-state index in [4.69, 9.17) is 14.8 Å². The molecular formula is C15H22N5O3P. The number of hydrogen-bond acceptors (Lipinski definition) is 7. The summed E-state index contributed by atoms with van der Waals surface area (Å²) in [5.41, 5.74) is 7.06. The molecule has 2 N–H and O–H groups in total. The summed E-state index contributed by atoms with van der Waals surface area (Å²) in [7, 11) is -3.17. The molecule has 0 aliphatic heterocycles. The van der Waals surface area contributed by atoms with Crippen molar-refractivity contribution < 1.29 is 13.6 Å². The van der Waals surface area contributed by atoms with Crippen molar-refractivity contribution in [1.29, 1.82) is 0 Å². The second kappa shape index (κ2) is 6.63. The molecule has 2 aromatic heterocycles. The van der Waals surface area contributed by atoms with E-state index in [0.29, 0.717) is 36.7 Å². The topological polar surface area (TPSA) is 105 Å². The van der Waals surface area contributed by atoms with Gasteiger partial charge in [0.2, 0.25) is 0 Å². The highest BCUT2D eigenvalue weighted by atomic mass is 31.2. The van der Waals surface area contributed by atoms with Crippen LogP contribution >= 0.6 is 7.60 Å². The monoisotopic (exact) mass is 351 g/mol. The Morgan fingerprint density at radius 1 is 1.29 bits per heavy atom. The van der Waals surface area contributed by atoms with E-state index in [1.807, 2.05) is 10.6 Å². The van der Waals surface area contributed by atoms with Crippen LogP contribution in [0.3, 0.4) is 0 Å². The predicted molar refractivity (Wildman–Crippen MR) is 91.4 cm³/mol. The van der Waals surface area contributed by atoms with Gasteiger partial charge in [-0.05, 0) is 26.7 Å². The molecule has 1 aliphatic carbocycles. The van der Waals surface area contributed by atoms with E-state index >= 15 is 0 Å². The maximum Gasteiger partial charge on any atom is 0.353 e. The Hall–Kier alpha value is -1.76. The molecule has 0 saturated heterocycles. The highest BCUT2D eigenvalue weighted by molar-refractivity contribution is 7.57. The minimum Gasteiger partial charge on any atom is -0.382 e. The number of fused-ring (bicyclic) bond motifs is 1. The molecule has 1 fully saturated rings. The molecule has 1 aliphatic rings. The minimum atomic E-state index is -3.17. The van der Waals surface area contributed by atoms with Gasteiger partial charge in [0.1, 0.15) is 11.8 Å². The molecule has 9 heteroatoms. The van der Waals surface area contributed by atoms with Crippen LogP contribution in [0.25, 0.3) is 11.2 Å². The Kier molecular flexibility index (Phi) is 4.71. The van der Waals surface area contributed by atoms with Gasteiger partial charge in [-0.25, -0.2) is 15.0 Å². The first-order chi connectivity index (χ1) is 11.5. The fourth-order valence-electron chi connectivity index (χ4n) is 2.62. The lowest BCUT2D eigenvalue weighted by molar-refractivity contribution is 0.228. The number of allylic oxidation sites excluding steroid dienone is 1. The quantitative estimate of drug-likeness (QED) is 0.729. The summed E-state index contributed by atoms with van der Waals surface area (Å²) in [6.07, 6.45) is 7.11. The smallest absolute Gasteiger partial charge is 0.353 e. The number of nitrogens with two attached hydrogens (primary N) is 1. The third-order valence-electron chi connectivity index (χ3n) is 4.04. The van der Waals surface area contributed by atoms with E-state index in [9.17, 15) is 4.57 Å². The van der Waals surface area contributed by atoms with Crippen LogP contribution in [0.4, 0.5) is 5.82 Å². The summed E-state index contributed by atoms with van der Waals surface area (Å²) in [5.74, 6) is 1.96. The first-order valence-corrected chi connectivity index (χ1v) is 9.62. The summed E-state index contributed by atoms with van der Waals surface area (Å²) in [6.45, 7) is 4.98. The van der Waals surface area contributed by atoms with Crippen molar-refractivity contribution in [2.24, 2.45) is 5.41 Å². The first-order valence-electron chi connectivity index (χ1n) is 8.01. The van der Waals surface area contributed by atoms with Gasteiger partial charge in [-0.15, -0.1) is 0 Å². The lowest BCUT2D eigenvalue weighted by Crippen LogP contribution is -2.09.